The molecule has 0 N–H and O–H groups in total. The SMILES string of the molecule is N#Cc1cc2c(Cl)cc(C(F)(F)F)nc2c2ccccc12. The Hall–Kier alpha value is -2.32. The molecular formula is C15H6ClF3N2. The summed E-state index contributed by atoms with van der Waals surface area (Å²) in [6.07, 6.45) is -4.58. The van der Waals surface area contributed by atoms with Gasteiger partial charge in [0.15, 0.2) is 0 Å². The predicted molar refractivity (Wildman–Crippen MR) is 74.0 cm³/mol. The van der Waals surface area contributed by atoms with Crippen molar-refractivity contribution in [1.82, 2.24) is 4.98 Å². The zero-order chi connectivity index (χ0) is 15.2. The summed E-state index contributed by atoms with van der Waals surface area (Å²) in [6, 6.07) is 11.0. The molecule has 3 aromatic rings. The van der Waals surface area contributed by atoms with E-state index in [0.717, 1.165) is 6.07 Å². The largest absolute Gasteiger partial charge is 0.433 e. The number of halogens is 4. The van der Waals surface area contributed by atoms with Gasteiger partial charge in [0.25, 0.3) is 0 Å². The number of rotatable bonds is 0. The van der Waals surface area contributed by atoms with Gasteiger partial charge in [-0.1, -0.05) is 35.9 Å². The molecule has 0 atom stereocenters. The number of nitriles is 1. The number of fused-ring (bicyclic) bond motifs is 3. The molecule has 0 aliphatic rings. The first-order valence-corrected chi connectivity index (χ1v) is 6.29. The number of hydrogen-bond donors (Lipinski definition) is 0. The molecule has 0 radical (unpaired) electrons. The molecular weight excluding hydrogens is 301 g/mol. The van der Waals surface area contributed by atoms with Gasteiger partial charge in [-0.3, -0.25) is 0 Å². The van der Waals surface area contributed by atoms with Crippen LogP contribution < -0.4 is 0 Å². The van der Waals surface area contributed by atoms with E-state index in [1.807, 2.05) is 6.07 Å². The molecule has 0 spiro atoms. The zero-order valence-electron chi connectivity index (χ0n) is 10.4. The summed E-state index contributed by atoms with van der Waals surface area (Å²) in [6.45, 7) is 0. The fourth-order valence-electron chi connectivity index (χ4n) is 2.25. The topological polar surface area (TPSA) is 36.7 Å². The molecule has 0 bridgehead atoms. The van der Waals surface area contributed by atoms with Crippen LogP contribution in [-0.4, -0.2) is 4.98 Å². The average Bonchev–Trinajstić information content (AvgIpc) is 2.45. The van der Waals surface area contributed by atoms with Gasteiger partial charge in [0.2, 0.25) is 0 Å². The van der Waals surface area contributed by atoms with Crippen LogP contribution in [0.2, 0.25) is 5.02 Å². The zero-order valence-corrected chi connectivity index (χ0v) is 11.1. The number of alkyl halides is 3. The highest BCUT2D eigenvalue weighted by Gasteiger charge is 2.33. The van der Waals surface area contributed by atoms with E-state index in [1.165, 1.54) is 6.07 Å². The van der Waals surface area contributed by atoms with Gasteiger partial charge in [0.1, 0.15) is 5.69 Å². The summed E-state index contributed by atoms with van der Waals surface area (Å²) in [7, 11) is 0. The Morgan fingerprint density at radius 2 is 1.71 bits per heavy atom. The molecule has 6 heteroatoms. The van der Waals surface area contributed by atoms with Crippen molar-refractivity contribution in [2.45, 2.75) is 6.18 Å². The Kier molecular flexibility index (Phi) is 2.99. The van der Waals surface area contributed by atoms with Gasteiger partial charge in [0.05, 0.1) is 22.2 Å². The van der Waals surface area contributed by atoms with Crippen LogP contribution in [-0.2, 0) is 6.18 Å². The highest BCUT2D eigenvalue weighted by molar-refractivity contribution is 6.36. The molecule has 0 saturated heterocycles. The Labute approximate surface area is 122 Å². The van der Waals surface area contributed by atoms with Crippen molar-refractivity contribution < 1.29 is 13.2 Å². The van der Waals surface area contributed by atoms with Crippen molar-refractivity contribution in [2.24, 2.45) is 0 Å². The minimum Gasteiger partial charge on any atom is -0.243 e. The standard InChI is InChI=1S/C15H6ClF3N2/c16-12-6-13(15(17,18)19)21-14-10-4-2-1-3-9(10)8(7-20)5-11(12)14/h1-6H. The lowest BCUT2D eigenvalue weighted by molar-refractivity contribution is -0.140. The molecule has 21 heavy (non-hydrogen) atoms. The van der Waals surface area contributed by atoms with Crippen molar-refractivity contribution in [3.63, 3.8) is 0 Å². The maximum Gasteiger partial charge on any atom is 0.433 e. The van der Waals surface area contributed by atoms with Gasteiger partial charge in [0, 0.05) is 16.2 Å². The lowest BCUT2D eigenvalue weighted by atomic mass is 10.0. The smallest absolute Gasteiger partial charge is 0.243 e. The molecule has 1 aromatic heterocycles. The number of aromatic nitrogens is 1. The second kappa shape index (κ2) is 4.61. The second-order valence-electron chi connectivity index (χ2n) is 4.46. The summed E-state index contributed by atoms with van der Waals surface area (Å²) in [5.41, 5.74) is -0.555. The molecule has 2 nitrogen and oxygen atoms in total. The van der Waals surface area contributed by atoms with Crippen LogP contribution in [0.3, 0.4) is 0 Å². The first-order chi connectivity index (χ1) is 9.91. The lowest BCUT2D eigenvalue weighted by Crippen LogP contribution is -2.08. The maximum absolute atomic E-state index is 12.9. The number of pyridine rings is 1. The van der Waals surface area contributed by atoms with Crippen LogP contribution in [0, 0.1) is 11.3 Å². The van der Waals surface area contributed by atoms with Crippen molar-refractivity contribution in [3.8, 4) is 6.07 Å². The first kappa shape index (κ1) is 13.7. The third kappa shape index (κ3) is 2.18. The van der Waals surface area contributed by atoms with E-state index in [1.54, 1.807) is 24.3 Å². The summed E-state index contributed by atoms with van der Waals surface area (Å²) in [5, 5.41) is 10.5. The van der Waals surface area contributed by atoms with Crippen LogP contribution >= 0.6 is 11.6 Å². The Bertz CT molecular complexity index is 911. The number of hydrogen-bond acceptors (Lipinski definition) is 2. The van der Waals surface area contributed by atoms with E-state index in [-0.39, 0.29) is 10.5 Å². The third-order valence-corrected chi connectivity index (χ3v) is 3.49. The minimum atomic E-state index is -4.58. The molecule has 1 heterocycles. The lowest BCUT2D eigenvalue weighted by Gasteiger charge is -2.11. The second-order valence-corrected chi connectivity index (χ2v) is 4.87. The Balaban J connectivity index is 2.53. The molecule has 3 rings (SSSR count). The summed E-state index contributed by atoms with van der Waals surface area (Å²) >= 11 is 5.95. The molecule has 0 aliphatic heterocycles. The van der Waals surface area contributed by atoms with Gasteiger partial charge < -0.3 is 0 Å². The first-order valence-electron chi connectivity index (χ1n) is 5.91. The van der Waals surface area contributed by atoms with Crippen LogP contribution in [0.25, 0.3) is 21.7 Å². The molecule has 104 valence electrons. The predicted octanol–water partition coefficient (Wildman–Crippen LogP) is 4.93. The maximum atomic E-state index is 12.9. The van der Waals surface area contributed by atoms with Gasteiger partial charge in [-0.25, -0.2) is 4.98 Å². The number of nitrogens with zero attached hydrogens (tertiary/aromatic N) is 2. The fraction of sp³-hybridized carbons (Fsp3) is 0.0667. The van der Waals surface area contributed by atoms with Gasteiger partial charge in [-0.2, -0.15) is 18.4 Å². The molecule has 0 amide bonds. The molecule has 0 unspecified atom stereocenters. The summed E-state index contributed by atoms with van der Waals surface area (Å²) in [4.78, 5) is 3.69. The van der Waals surface area contributed by atoms with Crippen molar-refractivity contribution in [1.29, 1.82) is 5.26 Å². The van der Waals surface area contributed by atoms with Gasteiger partial charge in [-0.05, 0) is 12.1 Å². The summed E-state index contributed by atoms with van der Waals surface area (Å²) in [5.74, 6) is 0. The minimum absolute atomic E-state index is 0.0745. The van der Waals surface area contributed by atoms with Crippen molar-refractivity contribution in [2.75, 3.05) is 0 Å². The monoisotopic (exact) mass is 306 g/mol. The van der Waals surface area contributed by atoms with Crippen molar-refractivity contribution >= 4 is 33.3 Å². The van der Waals surface area contributed by atoms with E-state index in [4.69, 9.17) is 11.6 Å². The van der Waals surface area contributed by atoms with Crippen LogP contribution in [0.4, 0.5) is 13.2 Å². The normalized spacial score (nSPS) is 11.8. The van der Waals surface area contributed by atoms with Gasteiger partial charge in [-0.15, -0.1) is 0 Å². The third-order valence-electron chi connectivity index (χ3n) is 3.18. The Morgan fingerprint density at radius 1 is 1.05 bits per heavy atom. The molecule has 2 aromatic carbocycles. The van der Waals surface area contributed by atoms with Crippen LogP contribution in [0.15, 0.2) is 36.4 Å². The molecule has 0 saturated carbocycles. The number of benzene rings is 2. The van der Waals surface area contributed by atoms with Crippen LogP contribution in [0.5, 0.6) is 0 Å². The Morgan fingerprint density at radius 3 is 2.33 bits per heavy atom. The van der Waals surface area contributed by atoms with Crippen molar-refractivity contribution in [3.05, 3.63) is 52.7 Å². The van der Waals surface area contributed by atoms with E-state index >= 15 is 0 Å². The highest BCUT2D eigenvalue weighted by atomic mass is 35.5. The van der Waals surface area contributed by atoms with Gasteiger partial charge >= 0.3 is 6.18 Å². The van der Waals surface area contributed by atoms with E-state index in [2.05, 4.69) is 4.98 Å². The summed E-state index contributed by atoms with van der Waals surface area (Å²) < 4.78 is 38.6. The quantitative estimate of drug-likeness (QED) is 0.552. The van der Waals surface area contributed by atoms with E-state index < -0.39 is 11.9 Å². The van der Waals surface area contributed by atoms with Crippen LogP contribution in [0.1, 0.15) is 11.3 Å². The molecule has 0 fully saturated rings. The average molecular weight is 307 g/mol. The highest BCUT2D eigenvalue weighted by Crippen LogP contribution is 2.36. The van der Waals surface area contributed by atoms with E-state index in [0.29, 0.717) is 21.7 Å². The fourth-order valence-corrected chi connectivity index (χ4v) is 2.50. The molecule has 0 aliphatic carbocycles. The van der Waals surface area contributed by atoms with E-state index in [9.17, 15) is 18.4 Å².